The van der Waals surface area contributed by atoms with Gasteiger partial charge >= 0.3 is 0 Å². The number of ketones is 2. The Morgan fingerprint density at radius 1 is 1.28 bits per heavy atom. The Morgan fingerprint density at radius 3 is 2.50 bits per heavy atom. The molecular formula is C13H11BrO3S. The molecule has 2 aromatic rings. The van der Waals surface area contributed by atoms with E-state index in [0.717, 1.165) is 4.47 Å². The lowest BCUT2D eigenvalue weighted by Crippen LogP contribution is -2.07. The van der Waals surface area contributed by atoms with Gasteiger partial charge in [0.05, 0.1) is 16.9 Å². The lowest BCUT2D eigenvalue weighted by atomic mass is 10.1. The summed E-state index contributed by atoms with van der Waals surface area (Å²) < 4.78 is 6.15. The van der Waals surface area contributed by atoms with Crippen LogP contribution in [0.3, 0.4) is 0 Å². The Morgan fingerprint density at radius 2 is 2.00 bits per heavy atom. The Labute approximate surface area is 117 Å². The highest BCUT2D eigenvalue weighted by Crippen LogP contribution is 2.22. The van der Waals surface area contributed by atoms with Gasteiger partial charge in [0.1, 0.15) is 11.5 Å². The minimum absolute atomic E-state index is 0.118. The summed E-state index contributed by atoms with van der Waals surface area (Å²) in [7, 11) is 0. The summed E-state index contributed by atoms with van der Waals surface area (Å²) in [6, 6.07) is 3.41. The molecular weight excluding hydrogens is 316 g/mol. The average molecular weight is 327 g/mol. The summed E-state index contributed by atoms with van der Waals surface area (Å²) >= 11 is 4.62. The minimum atomic E-state index is -0.195. The zero-order valence-corrected chi connectivity index (χ0v) is 12.4. The maximum atomic E-state index is 12.0. The van der Waals surface area contributed by atoms with Crippen molar-refractivity contribution >= 4 is 38.8 Å². The molecule has 0 saturated heterocycles. The van der Waals surface area contributed by atoms with Crippen molar-refractivity contribution in [1.82, 2.24) is 0 Å². The van der Waals surface area contributed by atoms with Gasteiger partial charge in [0.2, 0.25) is 0 Å². The van der Waals surface area contributed by atoms with Crippen molar-refractivity contribution in [1.29, 1.82) is 0 Å². The molecule has 0 amide bonds. The topological polar surface area (TPSA) is 47.3 Å². The third-order valence-electron chi connectivity index (χ3n) is 2.50. The summed E-state index contributed by atoms with van der Waals surface area (Å²) in [6.45, 7) is 3.51. The molecule has 18 heavy (non-hydrogen) atoms. The molecule has 2 aromatic heterocycles. The molecule has 0 N–H and O–H groups in total. The minimum Gasteiger partial charge on any atom is -0.466 e. The van der Waals surface area contributed by atoms with Crippen LogP contribution < -0.4 is 0 Å². The number of thiophene rings is 1. The van der Waals surface area contributed by atoms with E-state index >= 15 is 0 Å². The predicted octanol–water partition coefficient (Wildman–Crippen LogP) is 4.18. The predicted molar refractivity (Wildman–Crippen MR) is 73.5 cm³/mol. The zero-order chi connectivity index (χ0) is 13.3. The highest BCUT2D eigenvalue weighted by molar-refractivity contribution is 9.10. The van der Waals surface area contributed by atoms with E-state index < -0.39 is 0 Å². The molecule has 2 heterocycles. The maximum Gasteiger partial charge on any atom is 0.180 e. The lowest BCUT2D eigenvalue weighted by molar-refractivity contribution is 0.0896. The van der Waals surface area contributed by atoms with E-state index in [-0.39, 0.29) is 18.0 Å². The van der Waals surface area contributed by atoms with Gasteiger partial charge in [-0.05, 0) is 41.9 Å². The van der Waals surface area contributed by atoms with E-state index in [9.17, 15) is 9.59 Å². The number of furan rings is 1. The molecule has 0 aliphatic heterocycles. The quantitative estimate of drug-likeness (QED) is 0.625. The van der Waals surface area contributed by atoms with Crippen LogP contribution in [-0.2, 0) is 0 Å². The first-order chi connectivity index (χ1) is 8.47. The molecule has 0 spiro atoms. The number of halogens is 1. The molecule has 5 heteroatoms. The first-order valence-corrected chi connectivity index (χ1v) is 7.02. The number of hydrogen-bond donors (Lipinski definition) is 0. The van der Waals surface area contributed by atoms with Crippen LogP contribution in [0.15, 0.2) is 26.4 Å². The van der Waals surface area contributed by atoms with Gasteiger partial charge in [-0.15, -0.1) is 11.3 Å². The van der Waals surface area contributed by atoms with E-state index in [0.29, 0.717) is 22.0 Å². The molecule has 2 rings (SSSR count). The summed E-state index contributed by atoms with van der Waals surface area (Å²) in [4.78, 5) is 24.5. The molecule has 0 bridgehead atoms. The van der Waals surface area contributed by atoms with Crippen molar-refractivity contribution in [2.24, 2.45) is 0 Å². The zero-order valence-electron chi connectivity index (χ0n) is 9.95. The lowest BCUT2D eigenvalue weighted by Gasteiger charge is -1.97. The smallest absolute Gasteiger partial charge is 0.180 e. The van der Waals surface area contributed by atoms with Crippen molar-refractivity contribution in [3.05, 3.63) is 43.9 Å². The number of hydrogen-bond acceptors (Lipinski definition) is 4. The maximum absolute atomic E-state index is 12.0. The molecule has 0 radical (unpaired) electrons. The number of carbonyl (C=O) groups excluding carboxylic acids is 2. The second kappa shape index (κ2) is 5.20. The fourth-order valence-electron chi connectivity index (χ4n) is 1.70. The summed E-state index contributed by atoms with van der Waals surface area (Å²) in [5.74, 6) is 0.896. The fraction of sp³-hybridized carbons (Fsp3) is 0.231. The molecule has 0 atom stereocenters. The third kappa shape index (κ3) is 2.79. The molecule has 0 fully saturated rings. The average Bonchev–Trinajstić information content (AvgIpc) is 2.84. The normalized spacial score (nSPS) is 10.6. The summed E-state index contributed by atoms with van der Waals surface area (Å²) in [5.41, 5.74) is 0.497. The molecule has 0 saturated carbocycles. The molecule has 3 nitrogen and oxygen atoms in total. The largest absolute Gasteiger partial charge is 0.466 e. The van der Waals surface area contributed by atoms with E-state index in [4.69, 9.17) is 4.42 Å². The summed E-state index contributed by atoms with van der Waals surface area (Å²) in [6.07, 6.45) is -0.118. The summed E-state index contributed by atoms with van der Waals surface area (Å²) in [5, 5.41) is 1.82. The monoisotopic (exact) mass is 326 g/mol. The molecule has 0 aromatic carbocycles. The van der Waals surface area contributed by atoms with Crippen molar-refractivity contribution in [3.8, 4) is 0 Å². The highest BCUT2D eigenvalue weighted by Gasteiger charge is 2.18. The number of Topliss-reactive ketones (excluding diaryl/α,β-unsaturated/α-hetero) is 2. The van der Waals surface area contributed by atoms with Crippen LogP contribution in [0.2, 0.25) is 0 Å². The second-order valence-electron chi connectivity index (χ2n) is 3.98. The Bertz CT molecular complexity index is 610. The standard InChI is InChI=1S/C13H11BrO3S/c1-7-3-10(8(2)17-7)11(15)5-12(16)13-4-9(14)6-18-13/h3-4,6H,5H2,1-2H3. The van der Waals surface area contributed by atoms with Gasteiger partial charge < -0.3 is 4.42 Å². The molecule has 0 aliphatic carbocycles. The number of aryl methyl sites for hydroxylation is 2. The van der Waals surface area contributed by atoms with E-state index in [1.54, 1.807) is 26.0 Å². The van der Waals surface area contributed by atoms with E-state index in [1.165, 1.54) is 11.3 Å². The van der Waals surface area contributed by atoms with E-state index in [1.807, 2.05) is 5.38 Å². The SMILES string of the molecule is Cc1cc(C(=O)CC(=O)c2cc(Br)cs2)c(C)o1. The first-order valence-electron chi connectivity index (χ1n) is 5.35. The highest BCUT2D eigenvalue weighted by atomic mass is 79.9. The third-order valence-corrected chi connectivity index (χ3v) is 4.24. The van der Waals surface area contributed by atoms with Gasteiger partial charge in [-0.3, -0.25) is 9.59 Å². The van der Waals surface area contributed by atoms with Crippen LogP contribution in [-0.4, -0.2) is 11.6 Å². The van der Waals surface area contributed by atoms with Gasteiger partial charge in [-0.1, -0.05) is 0 Å². The fourth-order valence-corrected chi connectivity index (χ4v) is 3.06. The van der Waals surface area contributed by atoms with E-state index in [2.05, 4.69) is 15.9 Å². The van der Waals surface area contributed by atoms with Crippen LogP contribution in [0.4, 0.5) is 0 Å². The van der Waals surface area contributed by atoms with Crippen LogP contribution in [0.25, 0.3) is 0 Å². The van der Waals surface area contributed by atoms with Crippen molar-refractivity contribution in [2.45, 2.75) is 20.3 Å². The van der Waals surface area contributed by atoms with Gasteiger partial charge in [0.25, 0.3) is 0 Å². The number of carbonyl (C=O) groups is 2. The van der Waals surface area contributed by atoms with Crippen LogP contribution >= 0.6 is 27.3 Å². The first kappa shape index (κ1) is 13.2. The molecule has 0 unspecified atom stereocenters. The second-order valence-corrected chi connectivity index (χ2v) is 5.81. The Balaban J connectivity index is 2.13. The van der Waals surface area contributed by atoms with Crippen molar-refractivity contribution < 1.29 is 14.0 Å². The van der Waals surface area contributed by atoms with Crippen LogP contribution in [0.1, 0.15) is 38.0 Å². The van der Waals surface area contributed by atoms with Gasteiger partial charge in [-0.25, -0.2) is 0 Å². The Hall–Kier alpha value is -1.20. The van der Waals surface area contributed by atoms with Crippen molar-refractivity contribution in [3.63, 3.8) is 0 Å². The molecule has 94 valence electrons. The Kier molecular flexibility index (Phi) is 3.82. The van der Waals surface area contributed by atoms with Crippen LogP contribution in [0, 0.1) is 13.8 Å². The van der Waals surface area contributed by atoms with Crippen LogP contribution in [0.5, 0.6) is 0 Å². The van der Waals surface area contributed by atoms with Gasteiger partial charge in [-0.2, -0.15) is 0 Å². The van der Waals surface area contributed by atoms with Gasteiger partial charge in [0.15, 0.2) is 11.6 Å². The molecule has 0 aliphatic rings. The van der Waals surface area contributed by atoms with Crippen molar-refractivity contribution in [2.75, 3.05) is 0 Å². The van der Waals surface area contributed by atoms with Gasteiger partial charge in [0, 0.05) is 9.85 Å². The number of rotatable bonds is 4.